The molecule has 0 saturated heterocycles. The molecule has 0 bridgehead atoms. The van der Waals surface area contributed by atoms with Crippen LogP contribution in [-0.4, -0.2) is 70.0 Å². The fourth-order valence-corrected chi connectivity index (χ4v) is 13.8. The lowest BCUT2D eigenvalue weighted by Gasteiger charge is -2.28. The van der Waals surface area contributed by atoms with Crippen molar-refractivity contribution in [1.29, 1.82) is 0 Å². The van der Waals surface area contributed by atoms with Crippen LogP contribution in [0.25, 0.3) is 0 Å². The number of likely N-dealkylation sites (N-methyl/N-ethyl adjacent to an activating group) is 1. The van der Waals surface area contributed by atoms with E-state index >= 15 is 0 Å². The molecule has 576 valence electrons. The lowest BCUT2D eigenvalue weighted by Crippen LogP contribution is -2.37. The molecule has 9 nitrogen and oxygen atoms in total. The minimum absolute atomic E-state index is 0.0280. The Hall–Kier alpha value is -2.29. The summed E-state index contributed by atoms with van der Waals surface area (Å²) >= 11 is 0. The van der Waals surface area contributed by atoms with E-state index in [1.54, 1.807) is 0 Å². The first-order chi connectivity index (χ1) is 48.0. The van der Waals surface area contributed by atoms with Crippen molar-refractivity contribution < 1.29 is 42.1 Å². The molecule has 0 fully saturated rings. The molecular formula is C88H166NO8P. The van der Waals surface area contributed by atoms with Crippen LogP contribution < -0.4 is 4.89 Å². The van der Waals surface area contributed by atoms with Gasteiger partial charge in [0.25, 0.3) is 7.82 Å². The molecule has 0 aromatic rings. The normalized spacial score (nSPS) is 13.2. The number of esters is 2. The SMILES string of the molecule is CC/C=C\C/C=C\C/C=C\C/C=C\C/C=C\CCCCCCCCCCCCCCCCCCCCCCCC(=O)OC(COC(=O)CCCCCCCCCCCCCCCCCCCCCCCCCCCCCCCCCCCCCCC)COP(=O)([O-])OCC[N+](C)(C)C. The minimum atomic E-state index is -4.65. The molecule has 0 heterocycles. The summed E-state index contributed by atoms with van der Waals surface area (Å²) in [7, 11) is 1.19. The van der Waals surface area contributed by atoms with Crippen molar-refractivity contribution in [3.63, 3.8) is 0 Å². The maximum atomic E-state index is 12.9. The number of allylic oxidation sites excluding steroid dienone is 10. The van der Waals surface area contributed by atoms with Gasteiger partial charge in [-0.15, -0.1) is 0 Å². The smallest absolute Gasteiger partial charge is 0.306 e. The number of carbonyl (C=O) groups is 2. The Bertz CT molecular complexity index is 1840. The van der Waals surface area contributed by atoms with E-state index in [1.165, 1.54) is 340 Å². The van der Waals surface area contributed by atoms with Gasteiger partial charge in [-0.25, -0.2) is 0 Å². The van der Waals surface area contributed by atoms with E-state index in [2.05, 4.69) is 74.6 Å². The molecule has 0 aliphatic heterocycles. The van der Waals surface area contributed by atoms with Gasteiger partial charge in [-0.3, -0.25) is 14.2 Å². The maximum Gasteiger partial charge on any atom is 0.306 e. The van der Waals surface area contributed by atoms with Crippen molar-refractivity contribution in [2.75, 3.05) is 47.5 Å². The molecule has 0 spiro atoms. The summed E-state index contributed by atoms with van der Waals surface area (Å²) in [6, 6.07) is 0. The van der Waals surface area contributed by atoms with Crippen LogP contribution in [-0.2, 0) is 32.7 Å². The van der Waals surface area contributed by atoms with Gasteiger partial charge in [0.2, 0.25) is 0 Å². The highest BCUT2D eigenvalue weighted by Gasteiger charge is 2.22. The van der Waals surface area contributed by atoms with Gasteiger partial charge in [-0.1, -0.05) is 428 Å². The summed E-state index contributed by atoms with van der Waals surface area (Å²) in [6.07, 6.45) is 107. The molecule has 10 heteroatoms. The second-order valence-corrected chi connectivity index (χ2v) is 31.9. The van der Waals surface area contributed by atoms with Gasteiger partial charge in [0.15, 0.2) is 6.10 Å². The Balaban J connectivity index is 3.87. The van der Waals surface area contributed by atoms with Crippen LogP contribution in [0.5, 0.6) is 0 Å². The van der Waals surface area contributed by atoms with E-state index in [4.69, 9.17) is 18.5 Å². The number of phosphoric acid groups is 1. The molecule has 0 amide bonds. The van der Waals surface area contributed by atoms with Crippen molar-refractivity contribution in [1.82, 2.24) is 0 Å². The third-order valence-corrected chi connectivity index (χ3v) is 20.5. The minimum Gasteiger partial charge on any atom is -0.756 e. The fraction of sp³-hybridized carbons (Fsp3) is 0.864. The average Bonchev–Trinajstić information content (AvgIpc) is 1.08. The molecule has 0 saturated carbocycles. The first-order valence-corrected chi connectivity index (χ1v) is 44.5. The largest absolute Gasteiger partial charge is 0.756 e. The van der Waals surface area contributed by atoms with Crippen molar-refractivity contribution in [3.05, 3.63) is 60.8 Å². The van der Waals surface area contributed by atoms with Crippen LogP contribution in [0.3, 0.4) is 0 Å². The monoisotopic (exact) mass is 1400 g/mol. The number of unbranched alkanes of at least 4 members (excludes halogenated alkanes) is 57. The number of rotatable bonds is 81. The molecular weight excluding hydrogens is 1230 g/mol. The number of ether oxygens (including phenoxy) is 2. The zero-order chi connectivity index (χ0) is 71.1. The number of hydrogen-bond acceptors (Lipinski definition) is 8. The highest BCUT2D eigenvalue weighted by Crippen LogP contribution is 2.38. The lowest BCUT2D eigenvalue weighted by atomic mass is 10.0. The average molecular weight is 1400 g/mol. The molecule has 0 aliphatic rings. The van der Waals surface area contributed by atoms with E-state index < -0.39 is 26.5 Å². The first-order valence-electron chi connectivity index (χ1n) is 43.0. The van der Waals surface area contributed by atoms with E-state index in [9.17, 15) is 19.0 Å². The second-order valence-electron chi connectivity index (χ2n) is 30.5. The molecule has 0 aliphatic carbocycles. The summed E-state index contributed by atoms with van der Waals surface area (Å²) in [4.78, 5) is 38.2. The van der Waals surface area contributed by atoms with Crippen LogP contribution in [0.1, 0.15) is 438 Å². The Labute approximate surface area is 610 Å². The molecule has 0 rings (SSSR count). The lowest BCUT2D eigenvalue weighted by molar-refractivity contribution is -0.870. The van der Waals surface area contributed by atoms with E-state index in [-0.39, 0.29) is 32.0 Å². The predicted molar refractivity (Wildman–Crippen MR) is 425 cm³/mol. The van der Waals surface area contributed by atoms with Gasteiger partial charge in [-0.05, 0) is 57.8 Å². The number of quaternary nitrogens is 1. The Morgan fingerprint density at radius 1 is 0.327 bits per heavy atom. The second kappa shape index (κ2) is 78.8. The fourth-order valence-electron chi connectivity index (χ4n) is 13.0. The van der Waals surface area contributed by atoms with Crippen LogP contribution in [0.2, 0.25) is 0 Å². The van der Waals surface area contributed by atoms with Gasteiger partial charge >= 0.3 is 11.9 Å². The van der Waals surface area contributed by atoms with E-state index in [0.29, 0.717) is 17.4 Å². The Morgan fingerprint density at radius 2 is 0.582 bits per heavy atom. The number of hydrogen-bond donors (Lipinski definition) is 0. The zero-order valence-electron chi connectivity index (χ0n) is 66.0. The summed E-state index contributed by atoms with van der Waals surface area (Å²) in [5, 5.41) is 0. The number of phosphoric ester groups is 1. The molecule has 0 aromatic heterocycles. The molecule has 2 unspecified atom stereocenters. The van der Waals surface area contributed by atoms with Crippen molar-refractivity contribution in [2.24, 2.45) is 0 Å². The third-order valence-electron chi connectivity index (χ3n) is 19.6. The maximum absolute atomic E-state index is 12.9. The standard InChI is InChI=1S/C88H166NO8P/c1-6-8-10-12-14-16-18-20-22-24-26-28-30-32-34-36-38-40-42-44-46-48-50-52-54-56-58-60-62-64-66-68-70-72-74-76-78-80-87(90)94-84-86(85-96-98(92,93)95-83-82-89(3,4)5)97-88(91)81-79-77-75-73-71-69-67-65-63-61-59-57-55-53-51-49-47-45-43-41-39-37-35-33-31-29-27-25-23-21-19-17-15-13-11-9-7-2/h9,11,15,17,21,23,27,29,33,35,86H,6-8,10,12-14,16,18-20,22,24-26,28,30-32,34,36-85H2,1-5H3/b11-9-,17-15-,23-21-,29-27-,35-33-. The van der Waals surface area contributed by atoms with Gasteiger partial charge in [0.05, 0.1) is 27.7 Å². The zero-order valence-corrected chi connectivity index (χ0v) is 66.9. The highest BCUT2D eigenvalue weighted by atomic mass is 31.2. The molecule has 98 heavy (non-hydrogen) atoms. The van der Waals surface area contributed by atoms with Crippen molar-refractivity contribution in [2.45, 2.75) is 444 Å². The summed E-state index contributed by atoms with van der Waals surface area (Å²) in [5.41, 5.74) is 0. The summed E-state index contributed by atoms with van der Waals surface area (Å²) in [5.74, 6) is -0.807. The van der Waals surface area contributed by atoms with Crippen molar-refractivity contribution in [3.8, 4) is 0 Å². The number of carbonyl (C=O) groups excluding carboxylic acids is 2. The van der Waals surface area contributed by atoms with Crippen LogP contribution in [0, 0.1) is 0 Å². The van der Waals surface area contributed by atoms with E-state index in [1.807, 2.05) is 21.1 Å². The predicted octanol–water partition coefficient (Wildman–Crippen LogP) is 28.2. The number of nitrogens with zero attached hydrogens (tertiary/aromatic N) is 1. The van der Waals surface area contributed by atoms with Crippen LogP contribution in [0.15, 0.2) is 60.8 Å². The van der Waals surface area contributed by atoms with Gasteiger partial charge in [0.1, 0.15) is 19.8 Å². The topological polar surface area (TPSA) is 111 Å². The molecule has 0 radical (unpaired) electrons. The highest BCUT2D eigenvalue weighted by molar-refractivity contribution is 7.45. The van der Waals surface area contributed by atoms with E-state index in [0.717, 1.165) is 64.2 Å². The molecule has 2 atom stereocenters. The van der Waals surface area contributed by atoms with Gasteiger partial charge in [0, 0.05) is 12.8 Å². The van der Waals surface area contributed by atoms with Crippen LogP contribution >= 0.6 is 7.82 Å². The Morgan fingerprint density at radius 3 is 0.867 bits per heavy atom. The quantitative estimate of drug-likeness (QED) is 0.0195. The Kier molecular flexibility index (Phi) is 77.0. The third kappa shape index (κ3) is 82.7. The molecule has 0 N–H and O–H groups in total. The summed E-state index contributed by atoms with van der Waals surface area (Å²) in [6.45, 7) is 4.21. The van der Waals surface area contributed by atoms with Gasteiger partial charge in [-0.2, -0.15) is 0 Å². The first kappa shape index (κ1) is 95.7. The summed E-state index contributed by atoms with van der Waals surface area (Å²) < 4.78 is 34.5. The molecule has 0 aromatic carbocycles. The van der Waals surface area contributed by atoms with Crippen LogP contribution in [0.4, 0.5) is 0 Å². The van der Waals surface area contributed by atoms with Gasteiger partial charge < -0.3 is 27.9 Å². The van der Waals surface area contributed by atoms with Crippen molar-refractivity contribution >= 4 is 19.8 Å².